The number of fused-ring (bicyclic) bond motifs is 1. The first-order valence-electron chi connectivity index (χ1n) is 13.4. The smallest absolute Gasteiger partial charge is 0.309 e. The Hall–Kier alpha value is -4.19. The van der Waals surface area contributed by atoms with Gasteiger partial charge in [-0.1, -0.05) is 54.6 Å². The number of hydrogen-bond acceptors (Lipinski definition) is 5. The van der Waals surface area contributed by atoms with Crippen molar-refractivity contribution in [1.82, 2.24) is 9.88 Å². The van der Waals surface area contributed by atoms with E-state index < -0.39 is 5.60 Å². The summed E-state index contributed by atoms with van der Waals surface area (Å²) in [7, 11) is 1.61. The molecule has 0 bridgehead atoms. The average Bonchev–Trinajstić information content (AvgIpc) is 2.95. The van der Waals surface area contributed by atoms with E-state index in [1.54, 1.807) is 7.11 Å². The fourth-order valence-electron chi connectivity index (χ4n) is 5.14. The van der Waals surface area contributed by atoms with Crippen LogP contribution in [0.25, 0.3) is 33.2 Å². The number of piperidine rings is 1. The van der Waals surface area contributed by atoms with Crippen molar-refractivity contribution < 1.29 is 19.1 Å². The normalized spacial score (nSPS) is 14.3. The maximum atomic E-state index is 13.6. The third-order valence-electron chi connectivity index (χ3n) is 7.07. The lowest BCUT2D eigenvalue weighted by molar-refractivity contribution is -0.161. The summed E-state index contributed by atoms with van der Waals surface area (Å²) < 4.78 is 11.1. The third-order valence-corrected chi connectivity index (χ3v) is 7.07. The zero-order chi connectivity index (χ0) is 27.6. The van der Waals surface area contributed by atoms with E-state index in [2.05, 4.69) is 29.2 Å². The molecule has 1 aliphatic heterocycles. The summed E-state index contributed by atoms with van der Waals surface area (Å²) in [5.41, 5.74) is 5.04. The molecular formula is C33H34N2O4. The van der Waals surface area contributed by atoms with E-state index in [1.165, 1.54) is 0 Å². The minimum absolute atomic E-state index is 0.0438. The van der Waals surface area contributed by atoms with Gasteiger partial charge in [-0.15, -0.1) is 0 Å². The van der Waals surface area contributed by atoms with Crippen molar-refractivity contribution in [2.45, 2.75) is 39.2 Å². The third kappa shape index (κ3) is 5.80. The van der Waals surface area contributed by atoms with E-state index in [0.29, 0.717) is 37.4 Å². The molecule has 1 saturated heterocycles. The van der Waals surface area contributed by atoms with Gasteiger partial charge in [0.25, 0.3) is 5.91 Å². The van der Waals surface area contributed by atoms with Crippen molar-refractivity contribution in [2.75, 3.05) is 20.2 Å². The van der Waals surface area contributed by atoms with Crippen LogP contribution in [0.1, 0.15) is 44.0 Å². The summed E-state index contributed by atoms with van der Waals surface area (Å²) in [4.78, 5) is 32.6. The van der Waals surface area contributed by atoms with Crippen LogP contribution in [0.3, 0.4) is 0 Å². The molecule has 0 saturated carbocycles. The number of carbonyl (C=O) groups excluding carboxylic acids is 2. The number of nitrogens with zero attached hydrogens (tertiary/aromatic N) is 2. The van der Waals surface area contributed by atoms with Crippen molar-refractivity contribution in [3.05, 3.63) is 84.4 Å². The summed E-state index contributed by atoms with van der Waals surface area (Å²) in [5, 5.41) is 0.883. The Morgan fingerprint density at radius 2 is 1.51 bits per heavy atom. The lowest BCUT2D eigenvalue weighted by Gasteiger charge is -2.32. The molecule has 4 aromatic rings. The second-order valence-corrected chi connectivity index (χ2v) is 11.0. The number of methoxy groups -OCH3 is 1. The van der Waals surface area contributed by atoms with E-state index in [1.807, 2.05) is 80.3 Å². The van der Waals surface area contributed by atoms with Gasteiger partial charge in [0.1, 0.15) is 5.60 Å². The molecule has 1 aliphatic rings. The molecule has 0 unspecified atom stereocenters. The quantitative estimate of drug-likeness (QED) is 0.271. The Bertz CT molecular complexity index is 1500. The number of ether oxygens (including phenoxy) is 2. The first-order valence-corrected chi connectivity index (χ1v) is 13.4. The van der Waals surface area contributed by atoms with E-state index in [0.717, 1.165) is 33.2 Å². The van der Waals surface area contributed by atoms with Crippen LogP contribution in [0.2, 0.25) is 0 Å². The molecule has 1 fully saturated rings. The van der Waals surface area contributed by atoms with Crippen molar-refractivity contribution in [1.29, 1.82) is 0 Å². The zero-order valence-corrected chi connectivity index (χ0v) is 22.9. The van der Waals surface area contributed by atoms with Gasteiger partial charge in [0.2, 0.25) is 5.88 Å². The molecule has 5 rings (SSSR count). The Labute approximate surface area is 229 Å². The highest BCUT2D eigenvalue weighted by atomic mass is 16.6. The summed E-state index contributed by atoms with van der Waals surface area (Å²) in [6.07, 6.45) is 1.20. The van der Waals surface area contributed by atoms with E-state index >= 15 is 0 Å². The molecular weight excluding hydrogens is 488 g/mol. The SMILES string of the molecule is COc1cc(-c2ccccc2-c2ccccc2)c2cc(C(=O)N3CCC(C(=O)OC(C)(C)C)CC3)ccc2n1. The number of carbonyl (C=O) groups is 2. The Kier molecular flexibility index (Phi) is 7.38. The highest BCUT2D eigenvalue weighted by Crippen LogP contribution is 2.38. The van der Waals surface area contributed by atoms with Gasteiger partial charge in [0.15, 0.2) is 0 Å². The number of amides is 1. The molecule has 6 heteroatoms. The molecule has 0 radical (unpaired) electrons. The minimum Gasteiger partial charge on any atom is -0.481 e. The molecule has 2 heterocycles. The van der Waals surface area contributed by atoms with Crippen molar-refractivity contribution in [3.8, 4) is 28.1 Å². The van der Waals surface area contributed by atoms with E-state index in [-0.39, 0.29) is 17.8 Å². The topological polar surface area (TPSA) is 68.7 Å². The first-order chi connectivity index (χ1) is 18.7. The average molecular weight is 523 g/mol. The minimum atomic E-state index is -0.511. The highest BCUT2D eigenvalue weighted by molar-refractivity contribution is 6.04. The second kappa shape index (κ2) is 10.9. The van der Waals surface area contributed by atoms with Gasteiger partial charge in [-0.2, -0.15) is 0 Å². The van der Waals surface area contributed by atoms with Crippen LogP contribution in [-0.4, -0.2) is 47.6 Å². The fourth-order valence-corrected chi connectivity index (χ4v) is 5.14. The van der Waals surface area contributed by atoms with Gasteiger partial charge in [0, 0.05) is 30.1 Å². The lowest BCUT2D eigenvalue weighted by atomic mass is 9.92. The lowest BCUT2D eigenvalue weighted by Crippen LogP contribution is -2.41. The molecule has 200 valence electrons. The van der Waals surface area contributed by atoms with Gasteiger partial charge in [0.05, 0.1) is 18.5 Å². The number of hydrogen-bond donors (Lipinski definition) is 0. The van der Waals surface area contributed by atoms with Crippen LogP contribution in [0.15, 0.2) is 78.9 Å². The zero-order valence-electron chi connectivity index (χ0n) is 22.9. The molecule has 1 aromatic heterocycles. The molecule has 3 aromatic carbocycles. The van der Waals surface area contributed by atoms with Gasteiger partial charge < -0.3 is 14.4 Å². The molecule has 1 amide bonds. The number of benzene rings is 3. The highest BCUT2D eigenvalue weighted by Gasteiger charge is 2.31. The summed E-state index contributed by atoms with van der Waals surface area (Å²) in [5.74, 6) is 0.117. The van der Waals surface area contributed by atoms with Gasteiger partial charge in [-0.3, -0.25) is 9.59 Å². The molecule has 39 heavy (non-hydrogen) atoms. The number of pyridine rings is 1. The van der Waals surface area contributed by atoms with Crippen LogP contribution in [-0.2, 0) is 9.53 Å². The van der Waals surface area contributed by atoms with Crippen LogP contribution >= 0.6 is 0 Å². The summed E-state index contributed by atoms with van der Waals surface area (Å²) >= 11 is 0. The van der Waals surface area contributed by atoms with Gasteiger partial charge >= 0.3 is 5.97 Å². The number of esters is 1. The number of likely N-dealkylation sites (tertiary alicyclic amines) is 1. The second-order valence-electron chi connectivity index (χ2n) is 11.0. The molecule has 0 aliphatic carbocycles. The summed E-state index contributed by atoms with van der Waals surface area (Å²) in [6, 6.07) is 26.1. The number of aromatic nitrogens is 1. The van der Waals surface area contributed by atoms with Crippen LogP contribution in [0.5, 0.6) is 5.88 Å². The molecule has 0 N–H and O–H groups in total. The Morgan fingerprint density at radius 3 is 2.18 bits per heavy atom. The standard InChI is InChI=1S/C33H34N2O4/c1-33(2,3)39-32(37)23-16-18-35(19-17-23)31(36)24-14-15-29-28(20-24)27(21-30(34-29)38-4)26-13-9-8-12-25(26)22-10-6-5-7-11-22/h5-15,20-21,23H,16-19H2,1-4H3. The van der Waals surface area contributed by atoms with Crippen molar-refractivity contribution in [2.24, 2.45) is 5.92 Å². The Balaban J connectivity index is 1.47. The molecule has 6 nitrogen and oxygen atoms in total. The predicted octanol–water partition coefficient (Wildman–Crippen LogP) is 6.77. The number of rotatable bonds is 5. The summed E-state index contributed by atoms with van der Waals surface area (Å²) in [6.45, 7) is 6.66. The van der Waals surface area contributed by atoms with E-state index in [9.17, 15) is 9.59 Å². The maximum absolute atomic E-state index is 13.6. The van der Waals surface area contributed by atoms with Gasteiger partial charge in [-0.25, -0.2) is 4.98 Å². The Morgan fingerprint density at radius 1 is 0.846 bits per heavy atom. The van der Waals surface area contributed by atoms with Crippen molar-refractivity contribution in [3.63, 3.8) is 0 Å². The predicted molar refractivity (Wildman–Crippen MR) is 154 cm³/mol. The molecule has 0 spiro atoms. The maximum Gasteiger partial charge on any atom is 0.309 e. The monoisotopic (exact) mass is 522 g/mol. The van der Waals surface area contributed by atoms with Crippen molar-refractivity contribution >= 4 is 22.8 Å². The van der Waals surface area contributed by atoms with Crippen LogP contribution in [0.4, 0.5) is 0 Å². The first kappa shape index (κ1) is 26.4. The molecule has 0 atom stereocenters. The van der Waals surface area contributed by atoms with Gasteiger partial charge in [-0.05, 0) is 74.1 Å². The fraction of sp³-hybridized carbons (Fsp3) is 0.303. The van der Waals surface area contributed by atoms with Crippen LogP contribution in [0, 0.1) is 5.92 Å². The largest absolute Gasteiger partial charge is 0.481 e. The van der Waals surface area contributed by atoms with E-state index in [4.69, 9.17) is 9.47 Å². The van der Waals surface area contributed by atoms with Crippen LogP contribution < -0.4 is 4.74 Å².